The first-order valence-electron chi connectivity index (χ1n) is 7.66. The molecule has 0 heterocycles. The van der Waals surface area contributed by atoms with Crippen molar-refractivity contribution in [2.24, 2.45) is 0 Å². The summed E-state index contributed by atoms with van der Waals surface area (Å²) in [6.07, 6.45) is 2.09. The van der Waals surface area contributed by atoms with Crippen LogP contribution in [0.25, 0.3) is 10.8 Å². The Morgan fingerprint density at radius 3 is 2.39 bits per heavy atom. The topological polar surface area (TPSA) is 26.3 Å². The van der Waals surface area contributed by atoms with Gasteiger partial charge in [0.1, 0.15) is 11.6 Å². The standard InChI is InChI=1S/C20H17FO2/c1-2-3-14-4-10-19(11-5-14)23-20(22)17-7-6-16-13-18(21)9-8-15(16)12-17/h4-13H,2-3H2,1H3. The molecule has 0 amide bonds. The molecule has 116 valence electrons. The van der Waals surface area contributed by atoms with Crippen LogP contribution in [0.4, 0.5) is 4.39 Å². The van der Waals surface area contributed by atoms with Gasteiger partial charge in [0.2, 0.25) is 0 Å². The second-order valence-corrected chi connectivity index (χ2v) is 5.49. The highest BCUT2D eigenvalue weighted by Crippen LogP contribution is 2.20. The van der Waals surface area contributed by atoms with Gasteiger partial charge in [-0.2, -0.15) is 0 Å². The molecule has 0 saturated heterocycles. The number of carbonyl (C=O) groups is 1. The first-order valence-corrected chi connectivity index (χ1v) is 7.66. The van der Waals surface area contributed by atoms with Gasteiger partial charge in [0, 0.05) is 0 Å². The van der Waals surface area contributed by atoms with Gasteiger partial charge in [0.15, 0.2) is 0 Å². The van der Waals surface area contributed by atoms with Gasteiger partial charge in [-0.3, -0.25) is 0 Å². The van der Waals surface area contributed by atoms with Crippen LogP contribution in [0, 0.1) is 5.82 Å². The Morgan fingerprint density at radius 1 is 0.957 bits per heavy atom. The molecule has 3 aromatic rings. The van der Waals surface area contributed by atoms with Crippen LogP contribution in [-0.4, -0.2) is 5.97 Å². The zero-order valence-electron chi connectivity index (χ0n) is 12.9. The van der Waals surface area contributed by atoms with E-state index in [0.29, 0.717) is 11.3 Å². The Labute approximate surface area is 134 Å². The normalized spacial score (nSPS) is 10.7. The molecule has 3 heteroatoms. The summed E-state index contributed by atoms with van der Waals surface area (Å²) in [6.45, 7) is 2.12. The Balaban J connectivity index is 1.78. The second kappa shape index (κ2) is 6.61. The molecule has 0 aromatic heterocycles. The number of benzene rings is 3. The van der Waals surface area contributed by atoms with Crippen molar-refractivity contribution in [2.45, 2.75) is 19.8 Å². The van der Waals surface area contributed by atoms with E-state index in [1.54, 1.807) is 36.4 Å². The van der Waals surface area contributed by atoms with Crippen molar-refractivity contribution < 1.29 is 13.9 Å². The van der Waals surface area contributed by atoms with E-state index in [2.05, 4.69) is 6.92 Å². The highest BCUT2D eigenvalue weighted by atomic mass is 19.1. The van der Waals surface area contributed by atoms with Crippen LogP contribution < -0.4 is 4.74 Å². The summed E-state index contributed by atoms with van der Waals surface area (Å²) < 4.78 is 18.6. The average molecular weight is 308 g/mol. The van der Waals surface area contributed by atoms with E-state index in [-0.39, 0.29) is 5.82 Å². The molecule has 0 saturated carbocycles. The maximum atomic E-state index is 13.2. The van der Waals surface area contributed by atoms with Crippen molar-refractivity contribution in [1.82, 2.24) is 0 Å². The molecule has 0 aliphatic heterocycles. The van der Waals surface area contributed by atoms with E-state index >= 15 is 0 Å². The van der Waals surface area contributed by atoms with Crippen molar-refractivity contribution >= 4 is 16.7 Å². The third-order valence-electron chi connectivity index (χ3n) is 3.71. The quantitative estimate of drug-likeness (QED) is 0.492. The number of esters is 1. The van der Waals surface area contributed by atoms with Crippen LogP contribution in [0.5, 0.6) is 5.75 Å². The number of halogens is 1. The van der Waals surface area contributed by atoms with E-state index in [1.807, 2.05) is 12.1 Å². The maximum Gasteiger partial charge on any atom is 0.343 e. The molecule has 0 aliphatic rings. The minimum atomic E-state index is -0.417. The fourth-order valence-electron chi connectivity index (χ4n) is 2.52. The fraction of sp³-hybridized carbons (Fsp3) is 0.150. The van der Waals surface area contributed by atoms with Gasteiger partial charge in [-0.1, -0.05) is 37.6 Å². The summed E-state index contributed by atoms with van der Waals surface area (Å²) in [7, 11) is 0. The summed E-state index contributed by atoms with van der Waals surface area (Å²) in [5.41, 5.74) is 1.67. The number of fused-ring (bicyclic) bond motifs is 1. The minimum absolute atomic E-state index is 0.292. The molecule has 0 unspecified atom stereocenters. The van der Waals surface area contributed by atoms with E-state index < -0.39 is 5.97 Å². The second-order valence-electron chi connectivity index (χ2n) is 5.49. The monoisotopic (exact) mass is 308 g/mol. The van der Waals surface area contributed by atoms with Crippen LogP contribution in [-0.2, 0) is 6.42 Å². The predicted octanol–water partition coefficient (Wildman–Crippen LogP) is 5.15. The summed E-state index contributed by atoms with van der Waals surface area (Å²) in [4.78, 5) is 12.2. The van der Waals surface area contributed by atoms with Crippen molar-refractivity contribution in [3.8, 4) is 5.75 Å². The van der Waals surface area contributed by atoms with E-state index in [9.17, 15) is 9.18 Å². The van der Waals surface area contributed by atoms with Crippen LogP contribution in [0.15, 0.2) is 60.7 Å². The lowest BCUT2D eigenvalue weighted by Gasteiger charge is -2.06. The molecular weight excluding hydrogens is 291 g/mol. The third kappa shape index (κ3) is 3.57. The number of carbonyl (C=O) groups excluding carboxylic acids is 1. The van der Waals surface area contributed by atoms with Crippen molar-refractivity contribution in [2.75, 3.05) is 0 Å². The van der Waals surface area contributed by atoms with Crippen molar-refractivity contribution in [3.05, 3.63) is 77.6 Å². The van der Waals surface area contributed by atoms with Crippen LogP contribution in [0.1, 0.15) is 29.3 Å². The molecule has 0 spiro atoms. The zero-order chi connectivity index (χ0) is 16.2. The molecule has 0 aliphatic carbocycles. The number of rotatable bonds is 4. The highest BCUT2D eigenvalue weighted by Gasteiger charge is 2.09. The Bertz CT molecular complexity index is 838. The SMILES string of the molecule is CCCc1ccc(OC(=O)c2ccc3cc(F)ccc3c2)cc1. The van der Waals surface area contributed by atoms with Crippen molar-refractivity contribution in [1.29, 1.82) is 0 Å². The average Bonchev–Trinajstić information content (AvgIpc) is 2.56. The Hall–Kier alpha value is -2.68. The molecular formula is C20H17FO2. The van der Waals surface area contributed by atoms with Gasteiger partial charge >= 0.3 is 5.97 Å². The number of aryl methyl sites for hydroxylation is 1. The third-order valence-corrected chi connectivity index (χ3v) is 3.71. The molecule has 0 radical (unpaired) electrons. The Kier molecular flexibility index (Phi) is 4.38. The lowest BCUT2D eigenvalue weighted by molar-refractivity contribution is 0.0735. The number of hydrogen-bond acceptors (Lipinski definition) is 2. The molecule has 23 heavy (non-hydrogen) atoms. The zero-order valence-corrected chi connectivity index (χ0v) is 12.9. The molecule has 0 fully saturated rings. The fourth-order valence-corrected chi connectivity index (χ4v) is 2.52. The highest BCUT2D eigenvalue weighted by molar-refractivity contribution is 5.96. The molecule has 3 aromatic carbocycles. The molecule has 0 atom stereocenters. The number of ether oxygens (including phenoxy) is 1. The first kappa shape index (κ1) is 15.2. The van der Waals surface area contributed by atoms with E-state index in [0.717, 1.165) is 23.6 Å². The summed E-state index contributed by atoms with van der Waals surface area (Å²) in [5.74, 6) is -0.187. The number of hydrogen-bond donors (Lipinski definition) is 0. The van der Waals surface area contributed by atoms with Crippen LogP contribution in [0.3, 0.4) is 0 Å². The minimum Gasteiger partial charge on any atom is -0.423 e. The van der Waals surface area contributed by atoms with Gasteiger partial charge < -0.3 is 4.74 Å². The van der Waals surface area contributed by atoms with E-state index in [1.165, 1.54) is 17.7 Å². The lowest BCUT2D eigenvalue weighted by Crippen LogP contribution is -2.08. The smallest absolute Gasteiger partial charge is 0.343 e. The van der Waals surface area contributed by atoms with Gasteiger partial charge in [-0.25, -0.2) is 9.18 Å². The van der Waals surface area contributed by atoms with Gasteiger partial charge in [-0.15, -0.1) is 0 Å². The summed E-state index contributed by atoms with van der Waals surface area (Å²) in [5, 5.41) is 1.56. The van der Waals surface area contributed by atoms with Crippen LogP contribution in [0.2, 0.25) is 0 Å². The summed E-state index contributed by atoms with van der Waals surface area (Å²) >= 11 is 0. The largest absolute Gasteiger partial charge is 0.423 e. The Morgan fingerprint density at radius 2 is 1.65 bits per heavy atom. The van der Waals surface area contributed by atoms with Gasteiger partial charge in [0.25, 0.3) is 0 Å². The first-order chi connectivity index (χ1) is 11.2. The lowest BCUT2D eigenvalue weighted by atomic mass is 10.1. The van der Waals surface area contributed by atoms with Crippen molar-refractivity contribution in [3.63, 3.8) is 0 Å². The van der Waals surface area contributed by atoms with E-state index in [4.69, 9.17) is 4.74 Å². The molecule has 3 rings (SSSR count). The molecule has 2 nitrogen and oxygen atoms in total. The predicted molar refractivity (Wildman–Crippen MR) is 89.3 cm³/mol. The van der Waals surface area contributed by atoms with Gasteiger partial charge in [-0.05, 0) is 59.2 Å². The maximum absolute atomic E-state index is 13.2. The van der Waals surface area contributed by atoms with Gasteiger partial charge in [0.05, 0.1) is 5.56 Å². The molecule has 0 bridgehead atoms. The molecule has 0 N–H and O–H groups in total. The van der Waals surface area contributed by atoms with Crippen LogP contribution >= 0.6 is 0 Å². The summed E-state index contributed by atoms with van der Waals surface area (Å²) in [6, 6.07) is 17.1.